The largest absolute Gasteiger partial charge is 0.388 e. The summed E-state index contributed by atoms with van der Waals surface area (Å²) in [7, 11) is -3.16. The Morgan fingerprint density at radius 3 is 2.71 bits per heavy atom. The minimum atomic E-state index is -3.16. The van der Waals surface area contributed by atoms with E-state index in [9.17, 15) is 13.5 Å². The molecule has 0 amide bonds. The van der Waals surface area contributed by atoms with E-state index >= 15 is 0 Å². The second-order valence-electron chi connectivity index (χ2n) is 5.55. The standard InChI is InChI=1S/C14H19Cl2NO3S/c1-21(19,20)17-6-2-3-10(9-17)7-14(18)11-4-5-12(15)13(16)8-11/h4-5,8,10,14,18H,2-3,6-7,9H2,1H3. The van der Waals surface area contributed by atoms with Crippen molar-refractivity contribution in [2.24, 2.45) is 5.92 Å². The molecule has 1 fully saturated rings. The number of piperidine rings is 1. The van der Waals surface area contributed by atoms with Crippen molar-refractivity contribution in [3.8, 4) is 0 Å². The van der Waals surface area contributed by atoms with Gasteiger partial charge in [0.25, 0.3) is 0 Å². The van der Waals surface area contributed by atoms with Gasteiger partial charge in [-0.1, -0.05) is 29.3 Å². The predicted molar refractivity (Wildman–Crippen MR) is 85.2 cm³/mol. The van der Waals surface area contributed by atoms with E-state index in [1.807, 2.05) is 0 Å². The van der Waals surface area contributed by atoms with E-state index in [0.29, 0.717) is 35.1 Å². The summed E-state index contributed by atoms with van der Waals surface area (Å²) in [6.45, 7) is 1.04. The molecule has 1 heterocycles. The van der Waals surface area contributed by atoms with Crippen LogP contribution < -0.4 is 0 Å². The van der Waals surface area contributed by atoms with Gasteiger partial charge in [0.15, 0.2) is 0 Å². The Kier molecular flexibility index (Phi) is 5.54. The predicted octanol–water partition coefficient (Wildman–Crippen LogP) is 3.09. The van der Waals surface area contributed by atoms with E-state index in [1.165, 1.54) is 10.6 Å². The molecule has 4 nitrogen and oxygen atoms in total. The third kappa shape index (κ3) is 4.57. The van der Waals surface area contributed by atoms with Gasteiger partial charge >= 0.3 is 0 Å². The SMILES string of the molecule is CS(=O)(=O)N1CCCC(CC(O)c2ccc(Cl)c(Cl)c2)C1. The summed E-state index contributed by atoms with van der Waals surface area (Å²) in [6.07, 6.45) is 2.83. The minimum absolute atomic E-state index is 0.151. The molecule has 21 heavy (non-hydrogen) atoms. The van der Waals surface area contributed by atoms with Crippen molar-refractivity contribution in [1.29, 1.82) is 0 Å². The monoisotopic (exact) mass is 351 g/mol. The molecule has 0 bridgehead atoms. The van der Waals surface area contributed by atoms with Crippen molar-refractivity contribution < 1.29 is 13.5 Å². The van der Waals surface area contributed by atoms with Crippen LogP contribution in [0.1, 0.15) is 30.9 Å². The summed E-state index contributed by atoms with van der Waals surface area (Å²) >= 11 is 11.8. The lowest BCUT2D eigenvalue weighted by Crippen LogP contribution is -2.39. The van der Waals surface area contributed by atoms with Crippen LogP contribution in [0.15, 0.2) is 18.2 Å². The number of rotatable bonds is 4. The summed E-state index contributed by atoms with van der Waals surface area (Å²) in [5.74, 6) is 0.151. The Hall–Kier alpha value is -0.330. The van der Waals surface area contributed by atoms with Crippen LogP contribution in [0.3, 0.4) is 0 Å². The van der Waals surface area contributed by atoms with Crippen LogP contribution in [0.4, 0.5) is 0 Å². The lowest BCUT2D eigenvalue weighted by atomic mass is 9.91. The van der Waals surface area contributed by atoms with Gasteiger partial charge in [-0.15, -0.1) is 0 Å². The van der Waals surface area contributed by atoms with E-state index < -0.39 is 16.1 Å². The van der Waals surface area contributed by atoms with E-state index in [-0.39, 0.29) is 5.92 Å². The fourth-order valence-electron chi connectivity index (χ4n) is 2.69. The third-order valence-electron chi connectivity index (χ3n) is 3.84. The summed E-state index contributed by atoms with van der Waals surface area (Å²) in [4.78, 5) is 0. The number of sulfonamides is 1. The fourth-order valence-corrected chi connectivity index (χ4v) is 3.94. The highest BCUT2D eigenvalue weighted by molar-refractivity contribution is 7.88. The molecule has 1 aromatic carbocycles. The summed E-state index contributed by atoms with van der Waals surface area (Å²) in [6, 6.07) is 5.06. The van der Waals surface area contributed by atoms with E-state index in [2.05, 4.69) is 0 Å². The van der Waals surface area contributed by atoms with Gasteiger partial charge in [0.2, 0.25) is 10.0 Å². The highest BCUT2D eigenvalue weighted by Gasteiger charge is 2.27. The maximum atomic E-state index is 11.6. The molecule has 1 aromatic rings. The van der Waals surface area contributed by atoms with E-state index in [1.54, 1.807) is 18.2 Å². The molecule has 0 radical (unpaired) electrons. The maximum Gasteiger partial charge on any atom is 0.211 e. The molecule has 0 saturated carbocycles. The Labute approximate surface area is 135 Å². The number of halogens is 2. The first-order valence-electron chi connectivity index (χ1n) is 6.85. The van der Waals surface area contributed by atoms with Crippen LogP contribution in [-0.2, 0) is 10.0 Å². The van der Waals surface area contributed by atoms with Crippen LogP contribution in [0.2, 0.25) is 10.0 Å². The van der Waals surface area contributed by atoms with Gasteiger partial charge in [-0.3, -0.25) is 0 Å². The van der Waals surface area contributed by atoms with Crippen molar-refractivity contribution in [3.63, 3.8) is 0 Å². The first kappa shape index (κ1) is 17.0. The number of aliphatic hydroxyl groups excluding tert-OH is 1. The van der Waals surface area contributed by atoms with Gasteiger partial charge in [0, 0.05) is 13.1 Å². The molecule has 2 unspecified atom stereocenters. The molecule has 2 atom stereocenters. The minimum Gasteiger partial charge on any atom is -0.388 e. The molecule has 1 N–H and O–H groups in total. The number of hydrogen-bond acceptors (Lipinski definition) is 3. The summed E-state index contributed by atoms with van der Waals surface area (Å²) in [5, 5.41) is 11.2. The highest BCUT2D eigenvalue weighted by atomic mass is 35.5. The number of aliphatic hydroxyl groups is 1. The number of hydrogen-bond donors (Lipinski definition) is 1. The number of nitrogens with zero attached hydrogens (tertiary/aromatic N) is 1. The van der Waals surface area contributed by atoms with Gasteiger partial charge in [-0.05, 0) is 42.9 Å². The fraction of sp³-hybridized carbons (Fsp3) is 0.571. The molecule has 1 aliphatic rings. The molecule has 1 aliphatic heterocycles. The Balaban J connectivity index is 2.02. The van der Waals surface area contributed by atoms with Crippen molar-refractivity contribution in [3.05, 3.63) is 33.8 Å². The van der Waals surface area contributed by atoms with Crippen LogP contribution in [0.5, 0.6) is 0 Å². The van der Waals surface area contributed by atoms with Crippen molar-refractivity contribution in [2.45, 2.75) is 25.4 Å². The van der Waals surface area contributed by atoms with Gasteiger partial charge in [-0.2, -0.15) is 0 Å². The zero-order chi connectivity index (χ0) is 15.6. The molecular weight excluding hydrogens is 333 g/mol. The lowest BCUT2D eigenvalue weighted by molar-refractivity contribution is 0.123. The molecule has 2 rings (SSSR count). The van der Waals surface area contributed by atoms with Crippen molar-refractivity contribution in [2.75, 3.05) is 19.3 Å². The Morgan fingerprint density at radius 2 is 2.10 bits per heavy atom. The second-order valence-corrected chi connectivity index (χ2v) is 8.35. The topological polar surface area (TPSA) is 57.6 Å². The van der Waals surface area contributed by atoms with E-state index in [4.69, 9.17) is 23.2 Å². The third-order valence-corrected chi connectivity index (χ3v) is 5.84. The Bertz CT molecular complexity index is 606. The van der Waals surface area contributed by atoms with Gasteiger partial charge < -0.3 is 5.11 Å². The second kappa shape index (κ2) is 6.84. The molecule has 0 aromatic heterocycles. The van der Waals surface area contributed by atoms with Gasteiger partial charge in [-0.25, -0.2) is 12.7 Å². The van der Waals surface area contributed by atoms with Crippen LogP contribution in [0, 0.1) is 5.92 Å². The van der Waals surface area contributed by atoms with Crippen molar-refractivity contribution >= 4 is 33.2 Å². The van der Waals surface area contributed by atoms with Gasteiger partial charge in [0.05, 0.1) is 22.4 Å². The smallest absolute Gasteiger partial charge is 0.211 e. The average Bonchev–Trinajstić information content (AvgIpc) is 2.41. The van der Waals surface area contributed by atoms with Crippen molar-refractivity contribution in [1.82, 2.24) is 4.31 Å². The lowest BCUT2D eigenvalue weighted by Gasteiger charge is -2.32. The zero-order valence-electron chi connectivity index (χ0n) is 11.8. The summed E-state index contributed by atoms with van der Waals surface area (Å²) in [5.41, 5.74) is 0.709. The highest BCUT2D eigenvalue weighted by Crippen LogP contribution is 2.31. The first-order chi connectivity index (χ1) is 9.77. The molecular formula is C14H19Cl2NO3S. The van der Waals surface area contributed by atoms with Crippen LogP contribution >= 0.6 is 23.2 Å². The van der Waals surface area contributed by atoms with E-state index in [0.717, 1.165) is 12.8 Å². The number of benzene rings is 1. The first-order valence-corrected chi connectivity index (χ1v) is 9.46. The maximum absolute atomic E-state index is 11.6. The molecule has 0 spiro atoms. The zero-order valence-corrected chi connectivity index (χ0v) is 14.1. The molecule has 1 saturated heterocycles. The van der Waals surface area contributed by atoms with Crippen LogP contribution in [0.25, 0.3) is 0 Å². The molecule has 118 valence electrons. The molecule has 7 heteroatoms. The summed E-state index contributed by atoms with van der Waals surface area (Å²) < 4.78 is 24.7. The molecule has 0 aliphatic carbocycles. The average molecular weight is 352 g/mol. The van der Waals surface area contributed by atoms with Gasteiger partial charge in [0.1, 0.15) is 0 Å². The quantitative estimate of drug-likeness (QED) is 0.906. The normalized spacial score (nSPS) is 22.2. The van der Waals surface area contributed by atoms with Crippen LogP contribution in [-0.4, -0.2) is 37.2 Å². The Morgan fingerprint density at radius 1 is 1.38 bits per heavy atom.